The lowest BCUT2D eigenvalue weighted by Crippen LogP contribution is -2.56. The average Bonchev–Trinajstić information content (AvgIpc) is 3.98. The van der Waals surface area contributed by atoms with Crippen LogP contribution in [0.4, 0.5) is 4.79 Å². The number of carbonyl (C=O) groups excluding carboxylic acids is 3. The Hall–Kier alpha value is -3.23. The molecule has 0 aromatic carbocycles. The number of hydrogen-bond acceptors (Lipinski definition) is 6. The molecule has 3 aliphatic rings. The van der Waals surface area contributed by atoms with Crippen molar-refractivity contribution >= 4 is 17.7 Å². The molecule has 5 N–H and O–H groups in total. The monoisotopic (exact) mass is 667 g/mol. The molecular formula is C39H66N6O3. The molecule has 270 valence electrons. The van der Waals surface area contributed by atoms with Crippen LogP contribution in [-0.4, -0.2) is 66.4 Å². The number of hydrogen-bond donors (Lipinski definition) is 5. The Kier molecular flexibility index (Phi) is 14.7. The first-order valence-corrected chi connectivity index (χ1v) is 18.6. The van der Waals surface area contributed by atoms with Crippen LogP contribution in [0.15, 0.2) is 49.5 Å². The van der Waals surface area contributed by atoms with E-state index in [0.717, 1.165) is 74.6 Å². The highest BCUT2D eigenvalue weighted by molar-refractivity contribution is 6.38. The van der Waals surface area contributed by atoms with E-state index in [-0.39, 0.29) is 35.5 Å². The number of rotatable bonds is 24. The lowest BCUT2D eigenvalue weighted by atomic mass is 9.79. The largest absolute Gasteiger partial charge is 0.389 e. The van der Waals surface area contributed by atoms with Gasteiger partial charge in [-0.05, 0) is 86.9 Å². The molecule has 0 aromatic heterocycles. The zero-order valence-corrected chi connectivity index (χ0v) is 30.9. The molecule has 0 radical (unpaired) electrons. The summed E-state index contributed by atoms with van der Waals surface area (Å²) in [6.07, 6.45) is 10.9. The molecule has 1 aliphatic heterocycles. The van der Waals surface area contributed by atoms with Gasteiger partial charge in [0.15, 0.2) is 0 Å². The standard InChI is InChI=1S/C39H66N6O3/c1-11-14-21-40-37(47)35(46)33(16-12-2)42-27(7)34-31-22-30(31)24-45(34)28(8)36(39(9,10)13-3)44-38(48)43-32(25(4)5)18-15-17-26(6)41-23-29-19-20-29/h11,25,29-34,36,41-42H,1,6-8,12-24H2,2-5,9-10H3,(H,40,47)(H2,43,44,48)/t30-,31-,32?,33?,34?,36?/m0/s1. The highest BCUT2D eigenvalue weighted by Gasteiger charge is 2.55. The Morgan fingerprint density at radius 3 is 2.31 bits per heavy atom. The minimum Gasteiger partial charge on any atom is -0.389 e. The average molecular weight is 667 g/mol. The van der Waals surface area contributed by atoms with E-state index in [1.807, 2.05) is 6.92 Å². The van der Waals surface area contributed by atoms with E-state index in [1.165, 1.54) is 12.8 Å². The van der Waals surface area contributed by atoms with E-state index < -0.39 is 17.7 Å². The van der Waals surface area contributed by atoms with Crippen molar-refractivity contribution in [3.05, 3.63) is 49.5 Å². The normalized spacial score (nSPS) is 21.7. The summed E-state index contributed by atoms with van der Waals surface area (Å²) in [6.45, 7) is 31.9. The van der Waals surface area contributed by atoms with E-state index in [9.17, 15) is 14.4 Å². The summed E-state index contributed by atoms with van der Waals surface area (Å²) in [5, 5.41) is 16.2. The molecule has 9 nitrogen and oxygen atoms in total. The second kappa shape index (κ2) is 18.0. The van der Waals surface area contributed by atoms with Crippen LogP contribution in [0.3, 0.4) is 0 Å². The van der Waals surface area contributed by atoms with Crippen molar-refractivity contribution < 1.29 is 14.4 Å². The van der Waals surface area contributed by atoms with Gasteiger partial charge in [-0.3, -0.25) is 9.59 Å². The molecule has 6 atom stereocenters. The Morgan fingerprint density at radius 1 is 1.00 bits per heavy atom. The molecule has 0 aromatic rings. The van der Waals surface area contributed by atoms with Gasteiger partial charge >= 0.3 is 6.03 Å². The lowest BCUT2D eigenvalue weighted by Gasteiger charge is -2.43. The number of piperidine rings is 1. The zero-order chi connectivity index (χ0) is 35.6. The van der Waals surface area contributed by atoms with Gasteiger partial charge in [0, 0.05) is 42.8 Å². The summed E-state index contributed by atoms with van der Waals surface area (Å²) in [7, 11) is 0. The first kappa shape index (κ1) is 39.2. The van der Waals surface area contributed by atoms with Gasteiger partial charge in [0.2, 0.25) is 5.78 Å². The van der Waals surface area contributed by atoms with Gasteiger partial charge in [-0.15, -0.1) is 6.58 Å². The van der Waals surface area contributed by atoms with Crippen LogP contribution >= 0.6 is 0 Å². The number of urea groups is 1. The number of ketones is 1. The molecule has 0 spiro atoms. The first-order chi connectivity index (χ1) is 22.7. The molecule has 3 fully saturated rings. The highest BCUT2D eigenvalue weighted by Crippen LogP contribution is 2.53. The zero-order valence-electron chi connectivity index (χ0n) is 30.9. The predicted molar refractivity (Wildman–Crippen MR) is 197 cm³/mol. The van der Waals surface area contributed by atoms with Crippen molar-refractivity contribution in [2.45, 2.75) is 130 Å². The van der Waals surface area contributed by atoms with Crippen molar-refractivity contribution in [1.29, 1.82) is 0 Å². The summed E-state index contributed by atoms with van der Waals surface area (Å²) in [4.78, 5) is 41.7. The fourth-order valence-electron chi connectivity index (χ4n) is 6.85. The quantitative estimate of drug-likeness (QED) is 0.0479. The second-order valence-electron chi connectivity index (χ2n) is 15.5. The molecule has 9 heteroatoms. The molecule has 2 aliphatic carbocycles. The number of likely N-dealkylation sites (tertiary alicyclic amines) is 1. The van der Waals surface area contributed by atoms with E-state index in [1.54, 1.807) is 6.08 Å². The van der Waals surface area contributed by atoms with Crippen LogP contribution < -0.4 is 26.6 Å². The van der Waals surface area contributed by atoms with Gasteiger partial charge in [0.25, 0.3) is 5.91 Å². The third-order valence-electron chi connectivity index (χ3n) is 10.7. The maximum absolute atomic E-state index is 13.6. The maximum atomic E-state index is 13.6. The fourth-order valence-corrected chi connectivity index (χ4v) is 6.85. The van der Waals surface area contributed by atoms with Gasteiger partial charge < -0.3 is 31.5 Å². The second-order valence-corrected chi connectivity index (χ2v) is 15.5. The van der Waals surface area contributed by atoms with Crippen LogP contribution in [0.5, 0.6) is 0 Å². The summed E-state index contributed by atoms with van der Waals surface area (Å²) < 4.78 is 0. The fraction of sp³-hybridized carbons (Fsp3) is 0.718. The molecule has 4 unspecified atom stereocenters. The number of carbonyl (C=O) groups is 3. The number of amides is 3. The molecule has 2 saturated carbocycles. The molecule has 48 heavy (non-hydrogen) atoms. The third kappa shape index (κ3) is 11.2. The number of allylic oxidation sites excluding steroid dienone is 1. The number of Topliss-reactive ketones (excluding diaryl/α,β-unsaturated/α-hetero) is 1. The van der Waals surface area contributed by atoms with Crippen molar-refractivity contribution in [3.8, 4) is 0 Å². The van der Waals surface area contributed by atoms with Crippen molar-refractivity contribution in [2.24, 2.45) is 29.1 Å². The highest BCUT2D eigenvalue weighted by atomic mass is 16.2. The lowest BCUT2D eigenvalue weighted by molar-refractivity contribution is -0.139. The van der Waals surface area contributed by atoms with Gasteiger partial charge in [-0.2, -0.15) is 0 Å². The van der Waals surface area contributed by atoms with Crippen LogP contribution in [-0.2, 0) is 9.59 Å². The Bertz CT molecular complexity index is 1170. The summed E-state index contributed by atoms with van der Waals surface area (Å²) in [5.74, 6) is 0.970. The number of fused-ring (bicyclic) bond motifs is 1. The number of nitrogens with zero attached hydrogens (tertiary/aromatic N) is 1. The van der Waals surface area contributed by atoms with E-state index in [2.05, 4.69) is 92.4 Å². The van der Waals surface area contributed by atoms with E-state index in [0.29, 0.717) is 31.2 Å². The van der Waals surface area contributed by atoms with Crippen LogP contribution in [0.2, 0.25) is 0 Å². The molecule has 1 heterocycles. The van der Waals surface area contributed by atoms with Crippen molar-refractivity contribution in [2.75, 3.05) is 19.6 Å². The third-order valence-corrected chi connectivity index (χ3v) is 10.7. The van der Waals surface area contributed by atoms with Crippen LogP contribution in [0.1, 0.15) is 106 Å². The molecule has 0 bridgehead atoms. The molecule has 3 amide bonds. The van der Waals surface area contributed by atoms with Crippen LogP contribution in [0.25, 0.3) is 0 Å². The molecule has 3 rings (SSSR count). The van der Waals surface area contributed by atoms with Gasteiger partial charge in [0.05, 0.1) is 18.1 Å². The Labute approximate surface area is 291 Å². The summed E-state index contributed by atoms with van der Waals surface area (Å²) in [6, 6.07) is -1.16. The molecular weight excluding hydrogens is 600 g/mol. The Morgan fingerprint density at radius 2 is 1.71 bits per heavy atom. The topological polar surface area (TPSA) is 115 Å². The van der Waals surface area contributed by atoms with Crippen molar-refractivity contribution in [1.82, 2.24) is 31.5 Å². The maximum Gasteiger partial charge on any atom is 0.315 e. The SMILES string of the molecule is C=CCCNC(=O)C(=O)C(CCC)NC(=C)C1[C@H]2C[C@H]2CN1C(=C)C(NC(=O)NC(CCCC(=C)NCC1CC1)C(C)C)C(C)(C)CC. The van der Waals surface area contributed by atoms with Gasteiger partial charge in [-0.25, -0.2) is 4.79 Å². The smallest absolute Gasteiger partial charge is 0.315 e. The van der Waals surface area contributed by atoms with Crippen molar-refractivity contribution in [3.63, 3.8) is 0 Å². The summed E-state index contributed by atoms with van der Waals surface area (Å²) in [5.41, 5.74) is 2.42. The first-order valence-electron chi connectivity index (χ1n) is 18.6. The Balaban J connectivity index is 1.66. The minimum atomic E-state index is -0.648. The summed E-state index contributed by atoms with van der Waals surface area (Å²) >= 11 is 0. The van der Waals surface area contributed by atoms with E-state index >= 15 is 0 Å². The van der Waals surface area contributed by atoms with E-state index in [4.69, 9.17) is 0 Å². The van der Waals surface area contributed by atoms with Gasteiger partial charge in [0.1, 0.15) is 0 Å². The molecule has 1 saturated heterocycles. The van der Waals surface area contributed by atoms with Crippen LogP contribution in [0, 0.1) is 29.1 Å². The predicted octanol–water partition coefficient (Wildman–Crippen LogP) is 6.17. The minimum absolute atomic E-state index is 0.0399. The van der Waals surface area contributed by atoms with Gasteiger partial charge in [-0.1, -0.05) is 73.8 Å². The number of nitrogens with one attached hydrogen (secondary N) is 5.